The molecule has 1 amide bonds. The number of carbonyl (C=O) groups excluding carboxylic acids is 1. The van der Waals surface area contributed by atoms with Crippen molar-refractivity contribution in [1.29, 1.82) is 10.7 Å². The van der Waals surface area contributed by atoms with Crippen LogP contribution in [-0.4, -0.2) is 17.2 Å². The molecule has 0 saturated carbocycles. The molecule has 6 heteroatoms. The summed E-state index contributed by atoms with van der Waals surface area (Å²) < 4.78 is 0. The van der Waals surface area contributed by atoms with Crippen LogP contribution in [-0.2, 0) is 13.0 Å². The topological polar surface area (TPSA) is 114 Å². The number of hydrogen-bond acceptors (Lipinski definition) is 5. The van der Waals surface area contributed by atoms with Crippen molar-refractivity contribution in [1.82, 2.24) is 0 Å². The van der Waals surface area contributed by atoms with Gasteiger partial charge >= 0.3 is 0 Å². The minimum Gasteiger partial charge on any atom is -0.507 e. The number of aromatic hydroxyl groups is 1. The number of anilines is 1. The Morgan fingerprint density at radius 2 is 1.83 bits per heavy atom. The predicted molar refractivity (Wildman–Crippen MR) is 140 cm³/mol. The van der Waals surface area contributed by atoms with Crippen LogP contribution in [0.4, 0.5) is 5.69 Å². The first-order valence-electron chi connectivity index (χ1n) is 11.3. The lowest BCUT2D eigenvalue weighted by atomic mass is 9.93. The maximum Gasteiger partial charge on any atom is 0.248 e. The number of phenolic OH excluding ortho intramolecular Hbond substituents is 1. The Labute approximate surface area is 206 Å². The highest BCUT2D eigenvalue weighted by atomic mass is 16.3. The number of allylic oxidation sites excluding steroid dienone is 1. The standard InChI is InChI=1S/C21H24N2.C8H6N2O2/c1-14-11-15(2)17(4)20(16(14)3)13-23-10-6-8-19-18(12-22)7-5-9-21(19)23;9-4-6-3-5(8(10)12)1-2-7(6)11/h5-7,9-12,22H,8,13H2,1-4H3;1-3,11H,(H2,10,12). The van der Waals surface area contributed by atoms with Crippen molar-refractivity contribution in [3.05, 3.63) is 105 Å². The molecule has 178 valence electrons. The van der Waals surface area contributed by atoms with Crippen molar-refractivity contribution in [2.75, 3.05) is 4.90 Å². The molecule has 0 aliphatic carbocycles. The van der Waals surface area contributed by atoms with E-state index >= 15 is 0 Å². The number of carbonyl (C=O) groups is 1. The number of primary amides is 1. The van der Waals surface area contributed by atoms with Gasteiger partial charge in [-0.1, -0.05) is 24.3 Å². The smallest absolute Gasteiger partial charge is 0.248 e. The average molecular weight is 467 g/mol. The minimum atomic E-state index is -0.619. The normalized spacial score (nSPS) is 11.7. The SMILES string of the molecule is Cc1cc(C)c(C)c(CN2C=CCc3c(C=N)cccc32)c1C.N#Cc1cc(C(N)=O)ccc1O. The van der Waals surface area contributed by atoms with Gasteiger partial charge in [-0.15, -0.1) is 0 Å². The van der Waals surface area contributed by atoms with Gasteiger partial charge in [-0.05, 0) is 97.3 Å². The molecule has 1 heterocycles. The fourth-order valence-corrected chi connectivity index (χ4v) is 4.22. The molecule has 3 aromatic carbocycles. The third-order valence-electron chi connectivity index (χ3n) is 6.51. The molecule has 0 bridgehead atoms. The maximum absolute atomic E-state index is 10.6. The van der Waals surface area contributed by atoms with Crippen LogP contribution in [0, 0.1) is 44.4 Å². The Bertz CT molecular complexity index is 1340. The van der Waals surface area contributed by atoms with E-state index in [1.165, 1.54) is 63.5 Å². The van der Waals surface area contributed by atoms with Gasteiger partial charge in [0.15, 0.2) is 0 Å². The van der Waals surface area contributed by atoms with Crippen LogP contribution in [0.15, 0.2) is 54.7 Å². The number of aryl methyl sites for hydroxylation is 2. The number of phenols is 1. The fraction of sp³-hybridized carbons (Fsp3) is 0.207. The van der Waals surface area contributed by atoms with Crippen molar-refractivity contribution in [3.63, 3.8) is 0 Å². The Morgan fingerprint density at radius 3 is 2.43 bits per heavy atom. The number of benzene rings is 3. The van der Waals surface area contributed by atoms with Crippen LogP contribution in [0.1, 0.15) is 54.9 Å². The van der Waals surface area contributed by atoms with Gasteiger partial charge in [-0.2, -0.15) is 5.26 Å². The lowest BCUT2D eigenvalue weighted by Crippen LogP contribution is -2.22. The third kappa shape index (κ3) is 5.42. The molecule has 0 unspecified atom stereocenters. The number of amides is 1. The Kier molecular flexibility index (Phi) is 7.73. The summed E-state index contributed by atoms with van der Waals surface area (Å²) in [7, 11) is 0. The zero-order valence-electron chi connectivity index (χ0n) is 20.5. The highest BCUT2D eigenvalue weighted by Gasteiger charge is 2.18. The molecule has 35 heavy (non-hydrogen) atoms. The first-order valence-corrected chi connectivity index (χ1v) is 11.3. The molecule has 3 aromatic rings. The van der Waals surface area contributed by atoms with Crippen molar-refractivity contribution in [3.8, 4) is 11.8 Å². The Morgan fingerprint density at radius 1 is 1.14 bits per heavy atom. The van der Waals surface area contributed by atoms with Gasteiger partial charge in [-0.25, -0.2) is 0 Å². The van der Waals surface area contributed by atoms with Gasteiger partial charge in [0.1, 0.15) is 11.8 Å². The van der Waals surface area contributed by atoms with E-state index in [1.54, 1.807) is 6.07 Å². The second-order valence-electron chi connectivity index (χ2n) is 8.65. The summed E-state index contributed by atoms with van der Waals surface area (Å²) in [6.45, 7) is 9.71. The molecule has 4 N–H and O–H groups in total. The summed E-state index contributed by atoms with van der Waals surface area (Å²) in [5.74, 6) is -0.769. The monoisotopic (exact) mass is 466 g/mol. The number of nitrogens with one attached hydrogen (secondary N) is 1. The van der Waals surface area contributed by atoms with Crippen molar-refractivity contribution >= 4 is 17.8 Å². The van der Waals surface area contributed by atoms with E-state index in [2.05, 4.69) is 57.0 Å². The van der Waals surface area contributed by atoms with E-state index in [0.29, 0.717) is 0 Å². The highest BCUT2D eigenvalue weighted by Crippen LogP contribution is 2.31. The van der Waals surface area contributed by atoms with E-state index < -0.39 is 5.91 Å². The highest BCUT2D eigenvalue weighted by molar-refractivity contribution is 5.93. The lowest BCUT2D eigenvalue weighted by molar-refractivity contribution is 0.1000. The zero-order valence-corrected chi connectivity index (χ0v) is 20.5. The van der Waals surface area contributed by atoms with E-state index in [0.717, 1.165) is 18.5 Å². The predicted octanol–water partition coefficient (Wildman–Crippen LogP) is 5.36. The average Bonchev–Trinajstić information content (AvgIpc) is 2.85. The second kappa shape index (κ2) is 10.7. The van der Waals surface area contributed by atoms with E-state index in [1.807, 2.05) is 12.1 Å². The summed E-state index contributed by atoms with van der Waals surface area (Å²) >= 11 is 0. The molecule has 6 nitrogen and oxygen atoms in total. The van der Waals surface area contributed by atoms with Gasteiger partial charge in [-0.3, -0.25) is 4.79 Å². The molecular weight excluding hydrogens is 436 g/mol. The van der Waals surface area contributed by atoms with Crippen molar-refractivity contribution < 1.29 is 9.90 Å². The number of hydrogen-bond donors (Lipinski definition) is 3. The van der Waals surface area contributed by atoms with Crippen LogP contribution in [0.2, 0.25) is 0 Å². The van der Waals surface area contributed by atoms with E-state index in [4.69, 9.17) is 21.5 Å². The lowest BCUT2D eigenvalue weighted by Gasteiger charge is -2.29. The van der Waals surface area contributed by atoms with Gasteiger partial charge in [0.05, 0.1) is 5.56 Å². The van der Waals surface area contributed by atoms with Crippen LogP contribution in [0.5, 0.6) is 5.75 Å². The van der Waals surface area contributed by atoms with Crippen LogP contribution >= 0.6 is 0 Å². The number of nitrogens with zero attached hydrogens (tertiary/aromatic N) is 2. The van der Waals surface area contributed by atoms with Crippen LogP contribution in [0.3, 0.4) is 0 Å². The molecule has 0 spiro atoms. The fourth-order valence-electron chi connectivity index (χ4n) is 4.22. The molecule has 1 aliphatic heterocycles. The third-order valence-corrected chi connectivity index (χ3v) is 6.51. The van der Waals surface area contributed by atoms with Gasteiger partial charge in [0.2, 0.25) is 5.91 Å². The number of rotatable bonds is 4. The first kappa shape index (κ1) is 25.3. The largest absolute Gasteiger partial charge is 0.507 e. The summed E-state index contributed by atoms with van der Waals surface area (Å²) in [4.78, 5) is 12.9. The second-order valence-corrected chi connectivity index (χ2v) is 8.65. The molecule has 0 fully saturated rings. The van der Waals surface area contributed by atoms with Crippen LogP contribution in [0.25, 0.3) is 0 Å². The Hall–Kier alpha value is -4.37. The quantitative estimate of drug-likeness (QED) is 0.449. The summed E-state index contributed by atoms with van der Waals surface area (Å²) in [6, 6.07) is 14.1. The molecule has 4 rings (SSSR count). The molecule has 0 aromatic heterocycles. The molecule has 0 atom stereocenters. The van der Waals surface area contributed by atoms with E-state index in [-0.39, 0.29) is 16.9 Å². The first-order chi connectivity index (χ1) is 16.7. The summed E-state index contributed by atoms with van der Waals surface area (Å²) in [6.07, 6.45) is 6.75. The molecular formula is C29H30N4O2. The van der Waals surface area contributed by atoms with Crippen molar-refractivity contribution in [2.24, 2.45) is 5.73 Å². The molecule has 0 saturated heterocycles. The number of nitrogens with two attached hydrogens (primary N) is 1. The van der Waals surface area contributed by atoms with Gasteiger partial charge in [0.25, 0.3) is 0 Å². The zero-order chi connectivity index (χ0) is 25.7. The minimum absolute atomic E-state index is 0.0475. The Balaban J connectivity index is 0.000000241. The number of fused-ring (bicyclic) bond motifs is 1. The molecule has 0 radical (unpaired) electrons. The maximum atomic E-state index is 10.6. The van der Waals surface area contributed by atoms with E-state index in [9.17, 15) is 4.79 Å². The van der Waals surface area contributed by atoms with Crippen molar-refractivity contribution in [2.45, 2.75) is 40.7 Å². The van der Waals surface area contributed by atoms with Gasteiger partial charge in [0, 0.05) is 30.2 Å². The summed E-state index contributed by atoms with van der Waals surface area (Å²) in [5, 5.41) is 25.1. The number of nitriles is 1. The van der Waals surface area contributed by atoms with Gasteiger partial charge < -0.3 is 21.1 Å². The molecule has 1 aliphatic rings. The van der Waals surface area contributed by atoms with Crippen LogP contribution < -0.4 is 10.6 Å². The summed E-state index contributed by atoms with van der Waals surface area (Å²) in [5.41, 5.74) is 15.6.